The predicted octanol–water partition coefficient (Wildman–Crippen LogP) is -4.92. The summed E-state index contributed by atoms with van der Waals surface area (Å²) in [5, 5.41) is 26.3. The lowest BCUT2D eigenvalue weighted by Crippen LogP contribution is -2.58. The fraction of sp³-hybridized carbons (Fsp3) is 0.714. The lowest BCUT2D eigenvalue weighted by Gasteiger charge is -2.24. The zero-order valence-electron chi connectivity index (χ0n) is 21.5. The van der Waals surface area contributed by atoms with E-state index in [1.807, 2.05) is 0 Å². The van der Waals surface area contributed by atoms with Crippen LogP contribution in [0.5, 0.6) is 0 Å². The molecule has 3 amide bonds. The Balaban J connectivity index is 5.30. The number of carbonyl (C=O) groups excluding carboxylic acids is 3. The summed E-state index contributed by atoms with van der Waals surface area (Å²) in [5.74, 6) is -3.83. The van der Waals surface area contributed by atoms with Gasteiger partial charge in [0.25, 0.3) is 0 Å². The summed E-state index contributed by atoms with van der Waals surface area (Å²) < 4.78 is 0. The van der Waals surface area contributed by atoms with E-state index in [9.17, 15) is 29.4 Å². The summed E-state index contributed by atoms with van der Waals surface area (Å²) in [4.78, 5) is 57.3. The molecule has 0 aliphatic rings. The molecule has 0 aromatic rings. The first-order valence-electron chi connectivity index (χ1n) is 12.2. The van der Waals surface area contributed by atoms with Gasteiger partial charge >= 0.3 is 5.97 Å². The second kappa shape index (κ2) is 19.4. The molecule has 0 fully saturated rings. The van der Waals surface area contributed by atoms with E-state index in [-0.39, 0.29) is 50.7 Å². The van der Waals surface area contributed by atoms with Crippen molar-refractivity contribution in [3.05, 3.63) is 0 Å². The highest BCUT2D eigenvalue weighted by Gasteiger charge is 2.29. The summed E-state index contributed by atoms with van der Waals surface area (Å²) in [6.45, 7) is -0.00142. The first-order valence-corrected chi connectivity index (χ1v) is 12.2. The van der Waals surface area contributed by atoms with Crippen molar-refractivity contribution in [1.82, 2.24) is 16.0 Å². The molecule has 0 aliphatic carbocycles. The molecule has 4 atom stereocenters. The SMILES string of the molecule is NCCCCC(NC(=O)C(CCCN=C(N)N)NC(=O)C(CO)NC(=O)C(N)CCCN=C(N)N)C(=O)O. The van der Waals surface area contributed by atoms with Gasteiger partial charge in [-0.2, -0.15) is 0 Å². The minimum absolute atomic E-state index is 0.0416. The van der Waals surface area contributed by atoms with Crippen LogP contribution in [0.1, 0.15) is 44.9 Å². The molecule has 17 heteroatoms. The number of aliphatic imine (C=N–C) groups is 2. The minimum Gasteiger partial charge on any atom is -0.480 e. The lowest BCUT2D eigenvalue weighted by atomic mass is 10.1. The Labute approximate surface area is 221 Å². The van der Waals surface area contributed by atoms with Gasteiger partial charge in [-0.3, -0.25) is 24.4 Å². The smallest absolute Gasteiger partial charge is 0.326 e. The normalized spacial score (nSPS) is 13.8. The molecule has 0 aromatic carbocycles. The first kappa shape index (κ1) is 34.3. The van der Waals surface area contributed by atoms with Crippen molar-refractivity contribution in [3.8, 4) is 0 Å². The van der Waals surface area contributed by atoms with Crippen molar-refractivity contribution in [1.29, 1.82) is 0 Å². The number of carboxylic acids is 1. The van der Waals surface area contributed by atoms with Gasteiger partial charge in [0.05, 0.1) is 12.6 Å². The van der Waals surface area contributed by atoms with Crippen LogP contribution in [-0.2, 0) is 19.2 Å². The van der Waals surface area contributed by atoms with E-state index < -0.39 is 54.5 Å². The van der Waals surface area contributed by atoms with E-state index in [4.69, 9.17) is 34.4 Å². The highest BCUT2D eigenvalue weighted by atomic mass is 16.4. The molecule has 0 bridgehead atoms. The molecule has 0 spiro atoms. The topological polar surface area (TPSA) is 326 Å². The van der Waals surface area contributed by atoms with Gasteiger partial charge in [-0.05, 0) is 51.5 Å². The number of nitrogens with one attached hydrogen (secondary N) is 3. The van der Waals surface area contributed by atoms with Crippen molar-refractivity contribution in [2.75, 3.05) is 26.2 Å². The number of rotatable bonds is 20. The van der Waals surface area contributed by atoms with Gasteiger partial charge in [-0.25, -0.2) is 4.79 Å². The van der Waals surface area contributed by atoms with Crippen LogP contribution in [0.4, 0.5) is 0 Å². The van der Waals surface area contributed by atoms with E-state index in [2.05, 4.69) is 25.9 Å². The van der Waals surface area contributed by atoms with E-state index in [0.717, 1.165) is 0 Å². The van der Waals surface area contributed by atoms with Crippen LogP contribution in [0.2, 0.25) is 0 Å². The second-order valence-electron chi connectivity index (χ2n) is 8.49. The average molecular weight is 546 g/mol. The number of nitrogens with zero attached hydrogens (tertiary/aromatic N) is 2. The van der Waals surface area contributed by atoms with Gasteiger partial charge in [0.15, 0.2) is 11.9 Å². The maximum atomic E-state index is 12.9. The number of aliphatic hydroxyl groups excluding tert-OH is 1. The molecular weight excluding hydrogens is 502 g/mol. The molecule has 218 valence electrons. The van der Waals surface area contributed by atoms with Gasteiger partial charge in [0, 0.05) is 13.1 Å². The van der Waals surface area contributed by atoms with E-state index >= 15 is 0 Å². The molecule has 0 heterocycles. The first-order chi connectivity index (χ1) is 17.9. The number of carbonyl (C=O) groups is 4. The Kier molecular flexibility index (Phi) is 17.5. The van der Waals surface area contributed by atoms with Crippen LogP contribution in [0.25, 0.3) is 0 Å². The molecular formula is C21H43N11O6. The second-order valence-corrected chi connectivity index (χ2v) is 8.49. The van der Waals surface area contributed by atoms with Crippen molar-refractivity contribution in [2.45, 2.75) is 69.1 Å². The van der Waals surface area contributed by atoms with Crippen LogP contribution < -0.4 is 50.4 Å². The molecule has 0 saturated heterocycles. The van der Waals surface area contributed by atoms with Crippen LogP contribution >= 0.6 is 0 Å². The number of hydrogen-bond acceptors (Lipinski definition) is 9. The molecule has 0 saturated carbocycles. The number of unbranched alkanes of at least 4 members (excludes halogenated alkanes) is 1. The highest BCUT2D eigenvalue weighted by Crippen LogP contribution is 2.05. The number of aliphatic hydroxyl groups is 1. The number of amides is 3. The molecule has 0 aromatic heterocycles. The molecule has 4 unspecified atom stereocenters. The lowest BCUT2D eigenvalue weighted by molar-refractivity contribution is -0.142. The molecule has 0 aliphatic heterocycles. The summed E-state index contributed by atoms with van der Waals surface area (Å²) in [7, 11) is 0. The molecule has 38 heavy (non-hydrogen) atoms. The van der Waals surface area contributed by atoms with Gasteiger partial charge in [0.1, 0.15) is 18.1 Å². The Morgan fingerprint density at radius 1 is 0.684 bits per heavy atom. The zero-order valence-corrected chi connectivity index (χ0v) is 21.5. The van der Waals surface area contributed by atoms with Crippen molar-refractivity contribution in [2.24, 2.45) is 44.4 Å². The average Bonchev–Trinajstić information content (AvgIpc) is 2.85. The summed E-state index contributed by atoms with van der Waals surface area (Å²) >= 11 is 0. The van der Waals surface area contributed by atoms with E-state index in [1.54, 1.807) is 0 Å². The van der Waals surface area contributed by atoms with Gasteiger partial charge < -0.3 is 60.6 Å². The molecule has 17 N–H and O–H groups in total. The fourth-order valence-electron chi connectivity index (χ4n) is 3.19. The van der Waals surface area contributed by atoms with Crippen LogP contribution in [0, 0.1) is 0 Å². The van der Waals surface area contributed by atoms with Crippen molar-refractivity contribution < 1.29 is 29.4 Å². The van der Waals surface area contributed by atoms with Gasteiger partial charge in [-0.1, -0.05) is 0 Å². The van der Waals surface area contributed by atoms with Gasteiger partial charge in [-0.15, -0.1) is 0 Å². The Hall–Kier alpha value is -3.70. The number of guanidine groups is 2. The van der Waals surface area contributed by atoms with Crippen LogP contribution in [0.15, 0.2) is 9.98 Å². The number of nitrogens with two attached hydrogens (primary N) is 6. The van der Waals surface area contributed by atoms with Gasteiger partial charge in [0.2, 0.25) is 17.7 Å². The predicted molar refractivity (Wildman–Crippen MR) is 141 cm³/mol. The third kappa shape index (κ3) is 15.4. The number of aliphatic carboxylic acids is 1. The van der Waals surface area contributed by atoms with Crippen molar-refractivity contribution >= 4 is 35.6 Å². The van der Waals surface area contributed by atoms with Crippen LogP contribution in [0.3, 0.4) is 0 Å². The molecule has 17 nitrogen and oxygen atoms in total. The van der Waals surface area contributed by atoms with E-state index in [1.165, 1.54) is 0 Å². The Bertz CT molecular complexity index is 815. The van der Waals surface area contributed by atoms with Crippen LogP contribution in [-0.4, -0.2) is 96.2 Å². The molecule has 0 radical (unpaired) electrons. The monoisotopic (exact) mass is 545 g/mol. The molecule has 0 rings (SSSR count). The summed E-state index contributed by atoms with van der Waals surface area (Å²) in [5.41, 5.74) is 32.3. The zero-order chi connectivity index (χ0) is 29.1. The standard InChI is InChI=1S/C21H43N11O6/c22-8-2-1-6-14(19(37)38)31-17(35)13(7-4-10-29-21(26)27)30-18(36)15(11-33)32-16(34)12(23)5-3-9-28-20(24)25/h12-15,33H,1-11,22-23H2,(H,30,36)(H,31,35)(H,32,34)(H,37,38)(H4,24,25,28)(H4,26,27,29). The van der Waals surface area contributed by atoms with E-state index in [0.29, 0.717) is 25.8 Å². The fourth-order valence-corrected chi connectivity index (χ4v) is 3.19. The number of hydrogen-bond donors (Lipinski definition) is 11. The highest BCUT2D eigenvalue weighted by molar-refractivity contribution is 5.94. The third-order valence-corrected chi connectivity index (χ3v) is 5.26. The Morgan fingerprint density at radius 2 is 1.16 bits per heavy atom. The quantitative estimate of drug-likeness (QED) is 0.0389. The third-order valence-electron chi connectivity index (χ3n) is 5.26. The van der Waals surface area contributed by atoms with Crippen molar-refractivity contribution in [3.63, 3.8) is 0 Å². The minimum atomic E-state index is -1.42. The largest absolute Gasteiger partial charge is 0.480 e. The summed E-state index contributed by atoms with van der Waals surface area (Å²) in [6, 6.07) is -4.82. The Morgan fingerprint density at radius 3 is 1.66 bits per heavy atom. The summed E-state index contributed by atoms with van der Waals surface area (Å²) in [6.07, 6.45) is 2.10. The maximum absolute atomic E-state index is 12.9. The maximum Gasteiger partial charge on any atom is 0.326 e. The number of carboxylic acid groups (broad SMARTS) is 1.